The first-order valence-electron chi connectivity index (χ1n) is 11.2. The molecule has 0 atom stereocenters. The standard InChI is InChI=1S/C31H21FN2O/c1-22-21-25(12-11-23-7-3-2-4-8-23)15-19-29(22)34-30(20-16-24-13-17-26(32)18-14-24)33-28-10-6-5-9-27(28)31(34)35/h2-10,13-21H,1H3/b20-16+. The van der Waals surface area contributed by atoms with Crippen molar-refractivity contribution in [3.05, 3.63) is 141 Å². The number of benzene rings is 4. The number of aromatic nitrogens is 2. The van der Waals surface area contributed by atoms with Crippen LogP contribution in [-0.4, -0.2) is 9.55 Å². The second kappa shape index (κ2) is 9.62. The quantitative estimate of drug-likeness (QED) is 0.294. The van der Waals surface area contributed by atoms with Crippen LogP contribution in [0.1, 0.15) is 28.1 Å². The maximum absolute atomic E-state index is 13.6. The number of halogens is 1. The van der Waals surface area contributed by atoms with E-state index < -0.39 is 0 Å². The minimum Gasteiger partial charge on any atom is -0.268 e. The molecule has 0 spiro atoms. The minimum atomic E-state index is -0.297. The Balaban J connectivity index is 1.61. The molecule has 0 saturated carbocycles. The predicted molar refractivity (Wildman–Crippen MR) is 140 cm³/mol. The van der Waals surface area contributed by atoms with E-state index in [-0.39, 0.29) is 11.4 Å². The molecule has 0 saturated heterocycles. The molecule has 0 aliphatic rings. The fourth-order valence-electron chi connectivity index (χ4n) is 3.89. The summed E-state index contributed by atoms with van der Waals surface area (Å²) in [6.07, 6.45) is 3.60. The van der Waals surface area contributed by atoms with Crippen molar-refractivity contribution in [2.75, 3.05) is 0 Å². The molecule has 0 fully saturated rings. The topological polar surface area (TPSA) is 34.9 Å². The van der Waals surface area contributed by atoms with Crippen LogP contribution in [0.4, 0.5) is 4.39 Å². The molecule has 1 heterocycles. The van der Waals surface area contributed by atoms with Gasteiger partial charge in [-0.3, -0.25) is 9.36 Å². The van der Waals surface area contributed by atoms with Crippen molar-refractivity contribution in [1.29, 1.82) is 0 Å². The molecule has 4 aromatic carbocycles. The second-order valence-corrected chi connectivity index (χ2v) is 8.13. The average Bonchev–Trinajstić information content (AvgIpc) is 2.88. The highest BCUT2D eigenvalue weighted by molar-refractivity contribution is 5.80. The van der Waals surface area contributed by atoms with Crippen molar-refractivity contribution in [3.8, 4) is 17.5 Å². The third-order valence-corrected chi connectivity index (χ3v) is 5.66. The van der Waals surface area contributed by atoms with Crippen molar-refractivity contribution >= 4 is 23.1 Å². The van der Waals surface area contributed by atoms with Gasteiger partial charge < -0.3 is 0 Å². The highest BCUT2D eigenvalue weighted by Crippen LogP contribution is 2.19. The normalized spacial score (nSPS) is 10.9. The molecule has 5 rings (SSSR count). The first kappa shape index (κ1) is 22.1. The summed E-state index contributed by atoms with van der Waals surface area (Å²) in [4.78, 5) is 18.3. The smallest absolute Gasteiger partial charge is 0.266 e. The highest BCUT2D eigenvalue weighted by atomic mass is 19.1. The summed E-state index contributed by atoms with van der Waals surface area (Å²) in [6.45, 7) is 1.96. The van der Waals surface area contributed by atoms with Gasteiger partial charge >= 0.3 is 0 Å². The van der Waals surface area contributed by atoms with E-state index in [9.17, 15) is 9.18 Å². The minimum absolute atomic E-state index is 0.152. The molecule has 0 amide bonds. The summed E-state index contributed by atoms with van der Waals surface area (Å²) >= 11 is 0. The van der Waals surface area contributed by atoms with Gasteiger partial charge in [-0.05, 0) is 78.7 Å². The lowest BCUT2D eigenvalue weighted by Crippen LogP contribution is -2.23. The Kier molecular flexibility index (Phi) is 6.07. The summed E-state index contributed by atoms with van der Waals surface area (Å²) in [6, 6.07) is 29.1. The zero-order valence-corrected chi connectivity index (χ0v) is 19.1. The molecule has 0 aliphatic heterocycles. The molecule has 1 aromatic heterocycles. The van der Waals surface area contributed by atoms with E-state index in [1.54, 1.807) is 28.8 Å². The molecule has 0 radical (unpaired) electrons. The van der Waals surface area contributed by atoms with Crippen LogP contribution in [0, 0.1) is 24.6 Å². The zero-order valence-electron chi connectivity index (χ0n) is 19.1. The highest BCUT2D eigenvalue weighted by Gasteiger charge is 2.13. The SMILES string of the molecule is Cc1cc(C#Cc2ccccc2)ccc1-n1c(/C=C/c2ccc(F)cc2)nc2ccccc2c1=O. The number of nitrogens with zero attached hydrogens (tertiary/aromatic N) is 2. The number of para-hydroxylation sites is 1. The molecule has 4 heteroatoms. The molecule has 3 nitrogen and oxygen atoms in total. The molecule has 0 N–H and O–H groups in total. The van der Waals surface area contributed by atoms with Crippen molar-refractivity contribution in [3.63, 3.8) is 0 Å². The zero-order chi connectivity index (χ0) is 24.2. The Morgan fingerprint density at radius 2 is 1.51 bits per heavy atom. The van der Waals surface area contributed by atoms with Gasteiger partial charge in [0.2, 0.25) is 0 Å². The number of rotatable bonds is 3. The van der Waals surface area contributed by atoms with E-state index in [0.29, 0.717) is 16.7 Å². The van der Waals surface area contributed by atoms with E-state index in [1.807, 2.05) is 79.7 Å². The lowest BCUT2D eigenvalue weighted by Gasteiger charge is -2.14. The first-order valence-corrected chi connectivity index (χ1v) is 11.2. The van der Waals surface area contributed by atoms with Gasteiger partial charge in [0, 0.05) is 11.1 Å². The third kappa shape index (κ3) is 4.80. The van der Waals surface area contributed by atoms with Crippen LogP contribution < -0.4 is 5.56 Å². The fourth-order valence-corrected chi connectivity index (χ4v) is 3.89. The fraction of sp³-hybridized carbons (Fsp3) is 0.0323. The van der Waals surface area contributed by atoms with Gasteiger partial charge in [-0.2, -0.15) is 0 Å². The number of fused-ring (bicyclic) bond motifs is 1. The first-order chi connectivity index (χ1) is 17.1. The maximum atomic E-state index is 13.6. The molecule has 0 unspecified atom stereocenters. The molecular weight excluding hydrogens is 435 g/mol. The summed E-state index contributed by atoms with van der Waals surface area (Å²) in [5.74, 6) is 6.55. The monoisotopic (exact) mass is 456 g/mol. The van der Waals surface area contributed by atoms with E-state index in [4.69, 9.17) is 4.98 Å². The van der Waals surface area contributed by atoms with Crippen molar-refractivity contribution < 1.29 is 4.39 Å². The molecule has 0 aliphatic carbocycles. The van der Waals surface area contributed by atoms with Crippen molar-refractivity contribution in [1.82, 2.24) is 9.55 Å². The number of aryl methyl sites for hydroxylation is 1. The van der Waals surface area contributed by atoms with Crippen LogP contribution in [0.5, 0.6) is 0 Å². The Bertz CT molecular complexity index is 1670. The summed E-state index contributed by atoms with van der Waals surface area (Å²) in [5, 5.41) is 0.541. The molecule has 168 valence electrons. The number of hydrogen-bond donors (Lipinski definition) is 0. The van der Waals surface area contributed by atoms with Gasteiger partial charge in [-0.25, -0.2) is 9.37 Å². The maximum Gasteiger partial charge on any atom is 0.266 e. The molecule has 5 aromatic rings. The summed E-state index contributed by atoms with van der Waals surface area (Å²) in [5.41, 5.74) is 4.72. The van der Waals surface area contributed by atoms with E-state index in [2.05, 4.69) is 11.8 Å². The molecule has 0 bridgehead atoms. The van der Waals surface area contributed by atoms with Crippen LogP contribution in [0.25, 0.3) is 28.7 Å². The van der Waals surface area contributed by atoms with Crippen LogP contribution in [0.2, 0.25) is 0 Å². The third-order valence-electron chi connectivity index (χ3n) is 5.66. The predicted octanol–water partition coefficient (Wildman–Crippen LogP) is 6.40. The largest absolute Gasteiger partial charge is 0.268 e. The van der Waals surface area contributed by atoms with E-state index in [0.717, 1.165) is 27.9 Å². The van der Waals surface area contributed by atoms with Gasteiger partial charge in [-0.15, -0.1) is 0 Å². The summed E-state index contributed by atoms with van der Waals surface area (Å²) in [7, 11) is 0. The van der Waals surface area contributed by atoms with E-state index in [1.165, 1.54) is 12.1 Å². The lowest BCUT2D eigenvalue weighted by molar-refractivity contribution is 0.628. The Hall–Kier alpha value is -4.75. The van der Waals surface area contributed by atoms with Crippen LogP contribution in [0.15, 0.2) is 102 Å². The van der Waals surface area contributed by atoms with Gasteiger partial charge in [0.25, 0.3) is 5.56 Å². The van der Waals surface area contributed by atoms with Crippen LogP contribution in [0.3, 0.4) is 0 Å². The van der Waals surface area contributed by atoms with Gasteiger partial charge in [0.1, 0.15) is 11.6 Å². The second-order valence-electron chi connectivity index (χ2n) is 8.13. The van der Waals surface area contributed by atoms with Gasteiger partial charge in [0.15, 0.2) is 0 Å². The van der Waals surface area contributed by atoms with Crippen molar-refractivity contribution in [2.45, 2.75) is 6.92 Å². The molecular formula is C31H21FN2O. The Morgan fingerprint density at radius 3 is 2.29 bits per heavy atom. The molecule has 35 heavy (non-hydrogen) atoms. The van der Waals surface area contributed by atoms with Gasteiger partial charge in [-0.1, -0.05) is 60.4 Å². The Labute approximate surface area is 202 Å². The number of hydrogen-bond acceptors (Lipinski definition) is 2. The Morgan fingerprint density at radius 1 is 0.800 bits per heavy atom. The van der Waals surface area contributed by atoms with Crippen molar-refractivity contribution in [2.24, 2.45) is 0 Å². The van der Waals surface area contributed by atoms with E-state index >= 15 is 0 Å². The van der Waals surface area contributed by atoms with Gasteiger partial charge in [0.05, 0.1) is 16.6 Å². The van der Waals surface area contributed by atoms with Crippen LogP contribution >= 0.6 is 0 Å². The summed E-state index contributed by atoms with van der Waals surface area (Å²) < 4.78 is 14.9. The van der Waals surface area contributed by atoms with Crippen LogP contribution in [-0.2, 0) is 0 Å². The average molecular weight is 457 g/mol. The lowest BCUT2D eigenvalue weighted by atomic mass is 10.1.